The van der Waals surface area contributed by atoms with Crippen LogP contribution in [0.25, 0.3) is 0 Å². The molecule has 102 valence electrons. The van der Waals surface area contributed by atoms with Gasteiger partial charge in [0.15, 0.2) is 0 Å². The third-order valence-electron chi connectivity index (χ3n) is 2.33. The summed E-state index contributed by atoms with van der Waals surface area (Å²) in [6.45, 7) is 9.27. The fourth-order valence-electron chi connectivity index (χ4n) is 1.46. The van der Waals surface area contributed by atoms with Crippen molar-refractivity contribution >= 4 is 34.0 Å². The number of aliphatic imine (C=N–C) groups is 1. The molecular weight excluding hydrogens is 290 g/mol. The Labute approximate surface area is 119 Å². The van der Waals surface area contributed by atoms with E-state index in [0.29, 0.717) is 0 Å². The summed E-state index contributed by atoms with van der Waals surface area (Å²) >= 11 is 3.44. The van der Waals surface area contributed by atoms with Gasteiger partial charge in [-0.3, -0.25) is 4.99 Å². The predicted octanol–water partition coefficient (Wildman–Crippen LogP) is 4.35. The van der Waals surface area contributed by atoms with Crippen molar-refractivity contribution in [3.63, 3.8) is 0 Å². The molecule has 0 bridgehead atoms. The van der Waals surface area contributed by atoms with E-state index in [4.69, 9.17) is 5.73 Å². The van der Waals surface area contributed by atoms with Crippen LogP contribution < -0.4 is 11.1 Å². The van der Waals surface area contributed by atoms with E-state index in [1.807, 2.05) is 32.0 Å². The van der Waals surface area contributed by atoms with Crippen LogP contribution >= 0.6 is 15.9 Å². The van der Waals surface area contributed by atoms with E-state index in [-0.39, 0.29) is 0 Å². The normalized spacial score (nSPS) is 9.33. The van der Waals surface area contributed by atoms with Gasteiger partial charge in [0.2, 0.25) is 0 Å². The Morgan fingerprint density at radius 3 is 2.61 bits per heavy atom. The fraction of sp³-hybridized carbons (Fsp3) is 0.500. The summed E-state index contributed by atoms with van der Waals surface area (Å²) in [7, 11) is 0. The van der Waals surface area contributed by atoms with Gasteiger partial charge in [-0.25, -0.2) is 0 Å². The molecule has 1 aromatic carbocycles. The average molecular weight is 314 g/mol. The van der Waals surface area contributed by atoms with Crippen LogP contribution in [0.1, 0.15) is 33.1 Å². The second kappa shape index (κ2) is 11.2. The summed E-state index contributed by atoms with van der Waals surface area (Å²) in [5.41, 5.74) is 7.35. The summed E-state index contributed by atoms with van der Waals surface area (Å²) in [6, 6.07) is 5.93. The Hall–Kier alpha value is -0.870. The molecule has 0 aromatic heterocycles. The molecule has 18 heavy (non-hydrogen) atoms. The maximum absolute atomic E-state index is 5.44. The zero-order valence-electron chi connectivity index (χ0n) is 11.4. The molecule has 0 amide bonds. The van der Waals surface area contributed by atoms with Crippen molar-refractivity contribution in [3.8, 4) is 0 Å². The Kier molecular flexibility index (Phi) is 10.7. The number of rotatable bonds is 7. The Morgan fingerprint density at radius 1 is 1.28 bits per heavy atom. The lowest BCUT2D eigenvalue weighted by Gasteiger charge is -2.09. The number of halogens is 1. The number of benzene rings is 1. The quantitative estimate of drug-likeness (QED) is 0.581. The highest BCUT2D eigenvalue weighted by Crippen LogP contribution is 2.27. The molecule has 3 nitrogen and oxygen atoms in total. The van der Waals surface area contributed by atoms with Gasteiger partial charge < -0.3 is 11.1 Å². The molecule has 0 atom stereocenters. The van der Waals surface area contributed by atoms with Crippen molar-refractivity contribution in [1.29, 1.82) is 0 Å². The summed E-state index contributed by atoms with van der Waals surface area (Å²) in [5.74, 6) is 0. The molecule has 3 N–H and O–H groups in total. The Bertz CT molecular complexity index is 340. The molecule has 4 heteroatoms. The molecule has 0 unspecified atom stereocenters. The van der Waals surface area contributed by atoms with Crippen LogP contribution in [-0.4, -0.2) is 19.8 Å². The van der Waals surface area contributed by atoms with E-state index in [1.165, 1.54) is 0 Å². The molecule has 0 aliphatic heterocycles. The van der Waals surface area contributed by atoms with Gasteiger partial charge in [-0.05, 0) is 44.3 Å². The van der Waals surface area contributed by atoms with Crippen molar-refractivity contribution in [3.05, 3.63) is 22.7 Å². The van der Waals surface area contributed by atoms with Crippen molar-refractivity contribution in [2.45, 2.75) is 33.1 Å². The van der Waals surface area contributed by atoms with E-state index >= 15 is 0 Å². The third kappa shape index (κ3) is 6.77. The van der Waals surface area contributed by atoms with Crippen LogP contribution in [0.3, 0.4) is 0 Å². The second-order valence-electron chi connectivity index (χ2n) is 3.60. The minimum Gasteiger partial charge on any atom is -0.383 e. The predicted molar refractivity (Wildman–Crippen MR) is 86.1 cm³/mol. The first-order valence-corrected chi connectivity index (χ1v) is 7.27. The van der Waals surface area contributed by atoms with E-state index in [2.05, 4.69) is 33.0 Å². The number of unbranched alkanes of at least 4 members (excludes halogenated alkanes) is 2. The van der Waals surface area contributed by atoms with Gasteiger partial charge in [0.05, 0.1) is 11.4 Å². The van der Waals surface area contributed by atoms with Gasteiger partial charge in [-0.1, -0.05) is 36.2 Å². The zero-order valence-corrected chi connectivity index (χ0v) is 13.0. The molecular formula is C14H24BrN3. The smallest absolute Gasteiger partial charge is 0.0854 e. The molecule has 0 saturated carbocycles. The minimum absolute atomic E-state index is 0.774. The molecule has 0 aliphatic rings. The average Bonchev–Trinajstić information content (AvgIpc) is 2.41. The van der Waals surface area contributed by atoms with Crippen LogP contribution in [0.15, 0.2) is 27.7 Å². The Morgan fingerprint density at radius 2 is 2.00 bits per heavy atom. The monoisotopic (exact) mass is 313 g/mol. The van der Waals surface area contributed by atoms with E-state index in [0.717, 1.165) is 48.2 Å². The summed E-state index contributed by atoms with van der Waals surface area (Å²) in [6.07, 6.45) is 3.38. The van der Waals surface area contributed by atoms with Gasteiger partial charge >= 0.3 is 0 Å². The number of nitrogens with two attached hydrogens (primary N) is 1. The van der Waals surface area contributed by atoms with E-state index < -0.39 is 0 Å². The molecule has 1 rings (SSSR count). The van der Waals surface area contributed by atoms with Gasteiger partial charge in [-0.2, -0.15) is 0 Å². The molecule has 1 aromatic rings. The lowest BCUT2D eigenvalue weighted by atomic mass is 10.2. The first kappa shape index (κ1) is 17.1. The minimum atomic E-state index is 0.774. The summed E-state index contributed by atoms with van der Waals surface area (Å²) in [5, 5.41) is 3.36. The summed E-state index contributed by atoms with van der Waals surface area (Å²) < 4.78 is 1.05. The first-order chi connectivity index (χ1) is 8.77. The number of hydrogen-bond acceptors (Lipinski definition) is 3. The summed E-state index contributed by atoms with van der Waals surface area (Å²) in [4.78, 5) is 3.97. The van der Waals surface area contributed by atoms with Crippen molar-refractivity contribution in [2.24, 2.45) is 10.7 Å². The highest BCUT2D eigenvalue weighted by atomic mass is 79.9. The molecule has 0 heterocycles. The van der Waals surface area contributed by atoms with Gasteiger partial charge in [0.25, 0.3) is 0 Å². The number of hydrogen-bond donors (Lipinski definition) is 2. The molecule has 0 spiro atoms. The second-order valence-corrected chi connectivity index (χ2v) is 4.51. The topological polar surface area (TPSA) is 50.4 Å². The standard InChI is InChI=1S/C12H18BrN3.C2H6/c1-15-11-6-5-10(13)9-12(11)16-8-4-2-3-7-14;1-2/h5-6,9,16H,1-4,7-8,14H2;1-2H3. The molecule has 0 radical (unpaired) electrons. The number of nitrogens with one attached hydrogen (secondary N) is 1. The van der Waals surface area contributed by atoms with Crippen molar-refractivity contribution < 1.29 is 0 Å². The number of nitrogens with zero attached hydrogens (tertiary/aromatic N) is 1. The highest BCUT2D eigenvalue weighted by Gasteiger charge is 2.00. The van der Waals surface area contributed by atoms with Crippen LogP contribution in [0.5, 0.6) is 0 Å². The number of anilines is 1. The van der Waals surface area contributed by atoms with E-state index in [1.54, 1.807) is 0 Å². The molecule has 0 saturated heterocycles. The van der Waals surface area contributed by atoms with Crippen LogP contribution in [0.4, 0.5) is 11.4 Å². The first-order valence-electron chi connectivity index (χ1n) is 6.48. The fourth-order valence-corrected chi connectivity index (χ4v) is 1.82. The van der Waals surface area contributed by atoms with Gasteiger partial charge in [0, 0.05) is 11.0 Å². The SMILES string of the molecule is C=Nc1ccc(Br)cc1NCCCCCN.CC. The van der Waals surface area contributed by atoms with E-state index in [9.17, 15) is 0 Å². The third-order valence-corrected chi connectivity index (χ3v) is 2.82. The maximum atomic E-state index is 5.44. The molecule has 0 aliphatic carbocycles. The largest absolute Gasteiger partial charge is 0.383 e. The zero-order chi connectivity index (χ0) is 13.8. The van der Waals surface area contributed by atoms with Gasteiger partial charge in [0.1, 0.15) is 0 Å². The maximum Gasteiger partial charge on any atom is 0.0854 e. The van der Waals surface area contributed by atoms with Crippen LogP contribution in [0, 0.1) is 0 Å². The lowest BCUT2D eigenvalue weighted by molar-refractivity contribution is 0.707. The van der Waals surface area contributed by atoms with Crippen molar-refractivity contribution in [1.82, 2.24) is 0 Å². The van der Waals surface area contributed by atoms with Crippen LogP contribution in [-0.2, 0) is 0 Å². The van der Waals surface area contributed by atoms with Crippen LogP contribution in [0.2, 0.25) is 0 Å². The van der Waals surface area contributed by atoms with Crippen molar-refractivity contribution in [2.75, 3.05) is 18.4 Å². The molecule has 0 fully saturated rings. The van der Waals surface area contributed by atoms with Gasteiger partial charge in [-0.15, -0.1) is 0 Å². The highest BCUT2D eigenvalue weighted by molar-refractivity contribution is 9.10. The Balaban J connectivity index is 0.00000137. The lowest BCUT2D eigenvalue weighted by Crippen LogP contribution is -2.04.